The summed E-state index contributed by atoms with van der Waals surface area (Å²) in [5.41, 5.74) is 0. The first-order valence-corrected chi connectivity index (χ1v) is 23.9. The minimum Gasteiger partial charge on any atom is -0.544 e. The Hall–Kier alpha value is -0.202. The maximum atomic E-state index is 12.9. The van der Waals surface area contributed by atoms with Gasteiger partial charge in [-0.15, -0.1) is 0 Å². The summed E-state index contributed by atoms with van der Waals surface area (Å²) in [7, 11) is -7.41. The predicted molar refractivity (Wildman–Crippen MR) is 127 cm³/mol. The number of carbonyl (C=O) groups is 1. The van der Waals surface area contributed by atoms with Gasteiger partial charge in [0.2, 0.25) is 16.6 Å². The molecule has 5 nitrogen and oxygen atoms in total. The van der Waals surface area contributed by atoms with E-state index in [9.17, 15) is 4.79 Å². The van der Waals surface area contributed by atoms with Crippen LogP contribution in [-0.4, -0.2) is 51.8 Å². The van der Waals surface area contributed by atoms with E-state index < -0.39 is 33.3 Å². The molecule has 1 aliphatic carbocycles. The minimum atomic E-state index is -1.94. The van der Waals surface area contributed by atoms with Crippen molar-refractivity contribution in [2.24, 2.45) is 5.92 Å². The molecule has 1 aliphatic rings. The van der Waals surface area contributed by atoms with Crippen molar-refractivity contribution in [3.8, 4) is 0 Å². The molecule has 28 heavy (non-hydrogen) atoms. The van der Waals surface area contributed by atoms with Gasteiger partial charge in [-0.1, -0.05) is 0 Å². The first kappa shape index (κ1) is 25.8. The van der Waals surface area contributed by atoms with Crippen molar-refractivity contribution in [3.05, 3.63) is 11.5 Å². The molecule has 0 aliphatic heterocycles. The molecule has 164 valence electrons. The zero-order valence-electron chi connectivity index (χ0n) is 20.1. The second kappa shape index (κ2) is 8.89. The van der Waals surface area contributed by atoms with Gasteiger partial charge in [-0.2, -0.15) is 0 Å². The van der Waals surface area contributed by atoms with Crippen LogP contribution in [0.4, 0.5) is 0 Å². The van der Waals surface area contributed by atoms with Crippen LogP contribution in [0.25, 0.3) is 0 Å². The summed E-state index contributed by atoms with van der Waals surface area (Å²) < 4.78 is 25.4. The largest absolute Gasteiger partial charge is 0.544 e. The van der Waals surface area contributed by atoms with Crippen LogP contribution in [0.2, 0.25) is 78.6 Å². The Bertz CT molecular complexity index is 591. The lowest BCUT2D eigenvalue weighted by Crippen LogP contribution is -2.43. The third-order valence-corrected chi connectivity index (χ3v) is 7.37. The van der Waals surface area contributed by atoms with Gasteiger partial charge in [0, 0.05) is 6.42 Å². The average molecular weight is 463 g/mol. The van der Waals surface area contributed by atoms with Crippen LogP contribution in [-0.2, 0) is 22.5 Å². The van der Waals surface area contributed by atoms with Crippen LogP contribution < -0.4 is 0 Å². The highest BCUT2D eigenvalue weighted by Crippen LogP contribution is 2.38. The van der Waals surface area contributed by atoms with Gasteiger partial charge in [0.1, 0.15) is 5.76 Å². The van der Waals surface area contributed by atoms with Crippen molar-refractivity contribution < 1.29 is 22.5 Å². The van der Waals surface area contributed by atoms with E-state index in [2.05, 4.69) is 78.6 Å². The number of Topliss-reactive ketones (excluding diaryl/α,β-unsaturated/α-hetero) is 1. The molecule has 1 rings (SSSR count). The van der Waals surface area contributed by atoms with E-state index in [1.54, 1.807) is 0 Å². The molecule has 0 bridgehead atoms. The third-order valence-electron chi connectivity index (χ3n) is 3.68. The van der Waals surface area contributed by atoms with E-state index in [0.717, 1.165) is 0 Å². The van der Waals surface area contributed by atoms with Crippen molar-refractivity contribution in [2.75, 3.05) is 6.61 Å². The molecule has 0 heterocycles. The van der Waals surface area contributed by atoms with Crippen LogP contribution >= 0.6 is 0 Å². The number of carbonyl (C=O) groups excluding carboxylic acids is 1. The fourth-order valence-corrected chi connectivity index (χ4v) is 6.41. The molecule has 0 saturated carbocycles. The number of hydrogen-bond acceptors (Lipinski definition) is 5. The van der Waals surface area contributed by atoms with Gasteiger partial charge in [0.25, 0.3) is 0 Å². The minimum absolute atomic E-state index is 0.0397. The van der Waals surface area contributed by atoms with Gasteiger partial charge < -0.3 is 17.7 Å². The van der Waals surface area contributed by atoms with Gasteiger partial charge in [0.05, 0.1) is 18.6 Å². The molecule has 0 aromatic heterocycles. The SMILES string of the molecule is C[Si](C)(C)OCC(O[Si](C)(C)C)C1CC(=O)C(O[Si](C)(C)C)=C1O[Si](C)(C)C. The smallest absolute Gasteiger partial charge is 0.242 e. The molecule has 0 radical (unpaired) electrons. The topological polar surface area (TPSA) is 54.0 Å². The van der Waals surface area contributed by atoms with Crippen molar-refractivity contribution in [2.45, 2.75) is 91.1 Å². The van der Waals surface area contributed by atoms with E-state index in [4.69, 9.17) is 17.7 Å². The molecular weight excluding hydrogens is 421 g/mol. The van der Waals surface area contributed by atoms with Crippen molar-refractivity contribution in [1.82, 2.24) is 0 Å². The van der Waals surface area contributed by atoms with Crippen LogP contribution in [0.15, 0.2) is 11.5 Å². The molecular formula is C19H42O5Si4. The van der Waals surface area contributed by atoms with E-state index in [1.807, 2.05) is 0 Å². The van der Waals surface area contributed by atoms with Crippen molar-refractivity contribution >= 4 is 39.1 Å². The molecule has 0 amide bonds. The molecule has 0 aromatic carbocycles. The molecule has 0 saturated heterocycles. The second-order valence-electron chi connectivity index (χ2n) is 11.5. The fraction of sp³-hybridized carbons (Fsp3) is 0.842. The first-order chi connectivity index (χ1) is 12.3. The Kier molecular flexibility index (Phi) is 8.20. The number of rotatable bonds is 10. The monoisotopic (exact) mass is 462 g/mol. The predicted octanol–water partition coefficient (Wildman–Crippen LogP) is 5.56. The van der Waals surface area contributed by atoms with Crippen LogP contribution in [0.1, 0.15) is 6.42 Å². The fourth-order valence-electron chi connectivity index (χ4n) is 2.88. The number of ketones is 1. The maximum Gasteiger partial charge on any atom is 0.242 e. The lowest BCUT2D eigenvalue weighted by molar-refractivity contribution is -0.117. The third kappa shape index (κ3) is 9.53. The summed E-state index contributed by atoms with van der Waals surface area (Å²) in [5.74, 6) is 1.07. The van der Waals surface area contributed by atoms with Gasteiger partial charge in [-0.05, 0) is 78.6 Å². The van der Waals surface area contributed by atoms with E-state index in [1.165, 1.54) is 0 Å². The maximum absolute atomic E-state index is 12.9. The Morgan fingerprint density at radius 1 is 0.786 bits per heavy atom. The summed E-state index contributed by atoms with van der Waals surface area (Å²) >= 11 is 0. The lowest BCUT2D eigenvalue weighted by Gasteiger charge is -2.35. The van der Waals surface area contributed by atoms with E-state index in [-0.39, 0.29) is 17.8 Å². The van der Waals surface area contributed by atoms with Crippen molar-refractivity contribution in [1.29, 1.82) is 0 Å². The standard InChI is InChI=1S/C19H42O5Si4/c1-25(2,3)21-14-17(22-26(4,5)6)15-13-16(20)19(24-28(10,11)12)18(15)23-27(7,8)9/h15,17H,13-14H2,1-12H3. The zero-order chi connectivity index (χ0) is 22.1. The van der Waals surface area contributed by atoms with Gasteiger partial charge >= 0.3 is 0 Å². The van der Waals surface area contributed by atoms with Gasteiger partial charge in [0.15, 0.2) is 28.2 Å². The highest BCUT2D eigenvalue weighted by molar-refractivity contribution is 6.71. The van der Waals surface area contributed by atoms with Gasteiger partial charge in [-0.25, -0.2) is 0 Å². The highest BCUT2D eigenvalue weighted by Gasteiger charge is 2.44. The zero-order valence-corrected chi connectivity index (χ0v) is 24.1. The average Bonchev–Trinajstić information content (AvgIpc) is 2.66. The molecule has 0 spiro atoms. The summed E-state index contributed by atoms with van der Waals surface area (Å²) in [6.07, 6.45) is 0.195. The summed E-state index contributed by atoms with van der Waals surface area (Å²) in [6, 6.07) is 0. The molecule has 9 heteroatoms. The summed E-state index contributed by atoms with van der Waals surface area (Å²) in [5, 5.41) is 0. The van der Waals surface area contributed by atoms with E-state index >= 15 is 0 Å². The summed E-state index contributed by atoms with van der Waals surface area (Å²) in [4.78, 5) is 12.9. The van der Waals surface area contributed by atoms with Crippen LogP contribution in [0.3, 0.4) is 0 Å². The normalized spacial score (nSPS) is 20.6. The number of hydrogen-bond donors (Lipinski definition) is 0. The van der Waals surface area contributed by atoms with Crippen LogP contribution in [0, 0.1) is 5.92 Å². The second-order valence-corrected chi connectivity index (χ2v) is 29.4. The highest BCUT2D eigenvalue weighted by atomic mass is 28.4. The molecule has 2 atom stereocenters. The quantitative estimate of drug-likeness (QED) is 0.398. The molecule has 0 fully saturated rings. The Morgan fingerprint density at radius 3 is 1.68 bits per heavy atom. The number of allylic oxidation sites excluding steroid dienone is 1. The van der Waals surface area contributed by atoms with E-state index in [0.29, 0.717) is 24.5 Å². The Balaban J connectivity index is 3.33. The first-order valence-electron chi connectivity index (χ1n) is 10.2. The van der Waals surface area contributed by atoms with Gasteiger partial charge in [-0.3, -0.25) is 4.79 Å². The Labute approximate surface area is 176 Å². The summed E-state index contributed by atoms with van der Waals surface area (Å²) in [6.45, 7) is 26.2. The lowest BCUT2D eigenvalue weighted by atomic mass is 10.0. The molecule has 0 aromatic rings. The Morgan fingerprint density at radius 2 is 1.29 bits per heavy atom. The molecule has 0 N–H and O–H groups in total. The molecule has 2 unspecified atom stereocenters. The van der Waals surface area contributed by atoms with Crippen molar-refractivity contribution in [3.63, 3.8) is 0 Å². The van der Waals surface area contributed by atoms with Crippen LogP contribution in [0.5, 0.6) is 0 Å².